The molecule has 0 aromatic heterocycles. The second-order valence-corrected chi connectivity index (χ2v) is 13.2. The quantitative estimate of drug-likeness (QED) is 0.215. The maximum absolute atomic E-state index is 14.0. The molecule has 232 valence electrons. The zero-order chi connectivity index (χ0) is 31.6. The van der Waals surface area contributed by atoms with Crippen LogP contribution < -0.4 is 14.4 Å². The number of nitrogens with zero attached hydrogens (tertiary/aromatic N) is 2. The van der Waals surface area contributed by atoms with E-state index in [4.69, 9.17) is 27.9 Å². The molecule has 0 heterocycles. The molecule has 11 heteroatoms. The van der Waals surface area contributed by atoms with E-state index in [-0.39, 0.29) is 43.8 Å². The summed E-state index contributed by atoms with van der Waals surface area (Å²) in [6, 6.07) is 20.5. The molecule has 8 nitrogen and oxygen atoms in total. The van der Waals surface area contributed by atoms with Crippen LogP contribution in [-0.4, -0.2) is 56.6 Å². The first kappa shape index (κ1) is 34.2. The first-order valence-electron chi connectivity index (χ1n) is 14.2. The van der Waals surface area contributed by atoms with Gasteiger partial charge in [0.2, 0.25) is 21.8 Å². The number of benzene rings is 3. The number of ether oxygens (including phenoxy) is 1. The largest absolute Gasteiger partial charge is 0.492 e. The number of sulfonamides is 1. The Morgan fingerprint density at radius 3 is 2.23 bits per heavy atom. The molecule has 2 amide bonds. The number of carbonyl (C=O) groups is 2. The van der Waals surface area contributed by atoms with Crippen molar-refractivity contribution in [3.05, 3.63) is 94.0 Å². The highest BCUT2D eigenvalue weighted by Crippen LogP contribution is 2.30. The molecule has 0 aliphatic rings. The van der Waals surface area contributed by atoms with Crippen molar-refractivity contribution in [2.45, 2.75) is 58.7 Å². The highest BCUT2D eigenvalue weighted by atomic mass is 35.5. The smallest absolute Gasteiger partial charge is 0.243 e. The van der Waals surface area contributed by atoms with Gasteiger partial charge in [-0.3, -0.25) is 13.9 Å². The Balaban J connectivity index is 1.92. The fourth-order valence-electron chi connectivity index (χ4n) is 4.69. The Bertz CT molecular complexity index is 1490. The molecule has 1 N–H and O–H groups in total. The molecule has 0 saturated carbocycles. The Morgan fingerprint density at radius 1 is 0.930 bits per heavy atom. The number of hydrogen-bond donors (Lipinski definition) is 1. The summed E-state index contributed by atoms with van der Waals surface area (Å²) >= 11 is 12.4. The van der Waals surface area contributed by atoms with Crippen LogP contribution >= 0.6 is 23.2 Å². The molecule has 0 saturated heterocycles. The van der Waals surface area contributed by atoms with Crippen LogP contribution in [0.3, 0.4) is 0 Å². The summed E-state index contributed by atoms with van der Waals surface area (Å²) in [5, 5.41) is 3.68. The first-order valence-corrected chi connectivity index (χ1v) is 16.8. The zero-order valence-corrected chi connectivity index (χ0v) is 27.3. The van der Waals surface area contributed by atoms with Gasteiger partial charge in [-0.2, -0.15) is 0 Å². The van der Waals surface area contributed by atoms with Crippen LogP contribution in [0.15, 0.2) is 72.8 Å². The van der Waals surface area contributed by atoms with E-state index in [1.54, 1.807) is 47.4 Å². The maximum Gasteiger partial charge on any atom is 0.243 e. The van der Waals surface area contributed by atoms with Crippen molar-refractivity contribution in [3.8, 4) is 5.75 Å². The number of amides is 2. The van der Waals surface area contributed by atoms with Crippen LogP contribution in [0, 0.1) is 0 Å². The number of carbonyl (C=O) groups excluding carboxylic acids is 2. The molecule has 0 radical (unpaired) electrons. The minimum Gasteiger partial charge on any atom is -0.492 e. The molecular formula is C32H39Cl2N3O5S. The molecule has 1 unspecified atom stereocenters. The first-order chi connectivity index (χ1) is 20.4. The van der Waals surface area contributed by atoms with Gasteiger partial charge in [-0.15, -0.1) is 0 Å². The summed E-state index contributed by atoms with van der Waals surface area (Å²) in [7, 11) is -3.68. The molecule has 0 fully saturated rings. The summed E-state index contributed by atoms with van der Waals surface area (Å²) in [5.41, 5.74) is 2.01. The van der Waals surface area contributed by atoms with Crippen molar-refractivity contribution in [2.75, 3.05) is 23.7 Å². The average molecular weight is 649 g/mol. The number of nitrogens with one attached hydrogen (secondary N) is 1. The van der Waals surface area contributed by atoms with E-state index in [0.717, 1.165) is 11.8 Å². The molecule has 3 rings (SSSR count). The third kappa shape index (κ3) is 10.2. The van der Waals surface area contributed by atoms with Gasteiger partial charge in [-0.1, -0.05) is 71.7 Å². The van der Waals surface area contributed by atoms with E-state index in [2.05, 4.69) is 5.32 Å². The lowest BCUT2D eigenvalue weighted by molar-refractivity contribution is -0.141. The lowest BCUT2D eigenvalue weighted by Gasteiger charge is -2.32. The fraction of sp³-hybridized carbons (Fsp3) is 0.375. The minimum absolute atomic E-state index is 0.00436. The maximum atomic E-state index is 14.0. The molecule has 0 spiro atoms. The third-order valence-corrected chi connectivity index (χ3v) is 8.54. The molecule has 0 bridgehead atoms. The van der Waals surface area contributed by atoms with Gasteiger partial charge < -0.3 is 15.0 Å². The van der Waals surface area contributed by atoms with Gasteiger partial charge in [-0.25, -0.2) is 8.42 Å². The molecule has 0 aliphatic carbocycles. The van der Waals surface area contributed by atoms with Gasteiger partial charge in [0.1, 0.15) is 11.8 Å². The van der Waals surface area contributed by atoms with Crippen molar-refractivity contribution < 1.29 is 22.7 Å². The Labute approximate surface area is 265 Å². The van der Waals surface area contributed by atoms with Crippen LogP contribution in [0.25, 0.3) is 0 Å². The van der Waals surface area contributed by atoms with Crippen LogP contribution in [0.2, 0.25) is 10.0 Å². The summed E-state index contributed by atoms with van der Waals surface area (Å²) in [6.07, 6.45) is 1.64. The van der Waals surface area contributed by atoms with Gasteiger partial charge in [0.05, 0.1) is 28.6 Å². The predicted molar refractivity (Wildman–Crippen MR) is 173 cm³/mol. The fourth-order valence-corrected chi connectivity index (χ4v) is 5.98. The van der Waals surface area contributed by atoms with Gasteiger partial charge in [0, 0.05) is 32.0 Å². The molecule has 3 aromatic rings. The van der Waals surface area contributed by atoms with Crippen LogP contribution in [-0.2, 0) is 32.6 Å². The van der Waals surface area contributed by atoms with E-state index in [1.165, 1.54) is 4.31 Å². The van der Waals surface area contributed by atoms with Gasteiger partial charge in [0.15, 0.2) is 0 Å². The van der Waals surface area contributed by atoms with Gasteiger partial charge in [-0.05, 0) is 62.6 Å². The molecule has 43 heavy (non-hydrogen) atoms. The summed E-state index contributed by atoms with van der Waals surface area (Å²) in [6.45, 7) is 6.09. The van der Waals surface area contributed by atoms with E-state index >= 15 is 0 Å². The monoisotopic (exact) mass is 647 g/mol. The van der Waals surface area contributed by atoms with Crippen LogP contribution in [0.4, 0.5) is 5.69 Å². The Kier molecular flexibility index (Phi) is 12.7. The van der Waals surface area contributed by atoms with Crippen molar-refractivity contribution in [1.29, 1.82) is 0 Å². The van der Waals surface area contributed by atoms with Crippen LogP contribution in [0.1, 0.15) is 44.7 Å². The zero-order valence-electron chi connectivity index (χ0n) is 24.9. The number of hydrogen-bond acceptors (Lipinski definition) is 5. The third-order valence-electron chi connectivity index (χ3n) is 6.62. The van der Waals surface area contributed by atoms with Gasteiger partial charge >= 0.3 is 0 Å². The van der Waals surface area contributed by atoms with E-state index in [9.17, 15) is 18.0 Å². The van der Waals surface area contributed by atoms with Crippen molar-refractivity contribution in [1.82, 2.24) is 10.2 Å². The highest BCUT2D eigenvalue weighted by Gasteiger charge is 2.31. The molecule has 1 atom stereocenters. The van der Waals surface area contributed by atoms with Crippen molar-refractivity contribution in [3.63, 3.8) is 0 Å². The Hall–Kier alpha value is -3.27. The van der Waals surface area contributed by atoms with E-state index in [0.29, 0.717) is 40.1 Å². The SMILES string of the molecule is CCOc1ccccc1N(CCCC(=O)N(Cc1ccc(Cl)c(Cl)c1)C(Cc1ccccc1)C(=O)NC(C)C)S(C)(=O)=O. The normalized spacial score (nSPS) is 12.1. The van der Waals surface area contributed by atoms with E-state index in [1.807, 2.05) is 51.1 Å². The highest BCUT2D eigenvalue weighted by molar-refractivity contribution is 7.92. The average Bonchev–Trinajstić information content (AvgIpc) is 2.95. The number of para-hydroxylation sites is 2. The summed E-state index contributed by atoms with van der Waals surface area (Å²) < 4.78 is 32.5. The number of halogens is 2. The lowest BCUT2D eigenvalue weighted by atomic mass is 10.0. The minimum atomic E-state index is -3.68. The second kappa shape index (κ2) is 16.0. The molecule has 3 aromatic carbocycles. The molecular weight excluding hydrogens is 609 g/mol. The standard InChI is InChI=1S/C32H39Cl2N3O5S/c1-5-42-30-15-10-9-14-28(30)37(43(4,40)41)19-11-16-31(38)36(22-25-17-18-26(33)27(34)20-25)29(32(39)35-23(2)3)21-24-12-7-6-8-13-24/h6-10,12-15,17-18,20,23,29H,5,11,16,19,21-22H2,1-4H3,(H,35,39). The number of anilines is 1. The van der Waals surface area contributed by atoms with Crippen LogP contribution in [0.5, 0.6) is 5.75 Å². The predicted octanol–water partition coefficient (Wildman–Crippen LogP) is 6.10. The summed E-state index contributed by atoms with van der Waals surface area (Å²) in [4.78, 5) is 29.1. The molecule has 0 aliphatic heterocycles. The lowest BCUT2D eigenvalue weighted by Crippen LogP contribution is -2.51. The second-order valence-electron chi connectivity index (χ2n) is 10.5. The van der Waals surface area contributed by atoms with Gasteiger partial charge in [0.25, 0.3) is 0 Å². The van der Waals surface area contributed by atoms with Crippen molar-refractivity contribution >= 4 is 50.7 Å². The Morgan fingerprint density at radius 2 is 1.60 bits per heavy atom. The van der Waals surface area contributed by atoms with Crippen molar-refractivity contribution in [2.24, 2.45) is 0 Å². The topological polar surface area (TPSA) is 96.0 Å². The number of rotatable bonds is 15. The van der Waals surface area contributed by atoms with E-state index < -0.39 is 16.1 Å². The summed E-state index contributed by atoms with van der Waals surface area (Å²) in [5.74, 6) is -0.135.